The summed E-state index contributed by atoms with van der Waals surface area (Å²) in [5.41, 5.74) is 6.68. The Morgan fingerprint density at radius 2 is 2.12 bits per heavy atom. The minimum absolute atomic E-state index is 0.318. The van der Waals surface area contributed by atoms with Crippen LogP contribution in [0.25, 0.3) is 10.9 Å². The Balaban J connectivity index is 0.00000100. The highest BCUT2D eigenvalue weighted by atomic mass is 16.2. The van der Waals surface area contributed by atoms with Crippen LogP contribution >= 0.6 is 0 Å². The van der Waals surface area contributed by atoms with Gasteiger partial charge in [0.1, 0.15) is 5.82 Å². The van der Waals surface area contributed by atoms with E-state index < -0.39 is 11.8 Å². The lowest BCUT2D eigenvalue weighted by Crippen LogP contribution is -2.44. The lowest BCUT2D eigenvalue weighted by atomic mass is 10.0. The molecule has 4 N–H and O–H groups in total. The highest BCUT2D eigenvalue weighted by Crippen LogP contribution is 2.24. The summed E-state index contributed by atoms with van der Waals surface area (Å²) in [6.07, 6.45) is 4.96. The number of carbonyl (C=O) groups is 2. The number of nitrogens with zero attached hydrogens (tertiary/aromatic N) is 3. The van der Waals surface area contributed by atoms with Crippen molar-refractivity contribution in [1.29, 1.82) is 0 Å². The molecule has 2 amide bonds. The molecule has 0 radical (unpaired) electrons. The van der Waals surface area contributed by atoms with E-state index in [4.69, 9.17) is 5.73 Å². The van der Waals surface area contributed by atoms with Gasteiger partial charge in [-0.25, -0.2) is 4.98 Å². The Morgan fingerprint density at radius 3 is 2.83 bits per heavy atom. The monoisotopic (exact) mass is 332 g/mol. The number of hydrogen-bond donors (Lipinski definition) is 3. The first kappa shape index (κ1) is 17.7. The molecule has 1 fully saturated rings. The molecule has 0 aromatic carbocycles. The van der Waals surface area contributed by atoms with Gasteiger partial charge in [0.05, 0.1) is 29.0 Å². The number of amides is 2. The lowest BCUT2D eigenvalue weighted by molar-refractivity contribution is -0.144. The first-order valence-electron chi connectivity index (χ1n) is 8.24. The SMILES string of the molecule is CC.CC1CCCN(C(=O)C(=O)Nc2cnc(N)c3cn[nH]c23)C1. The maximum absolute atomic E-state index is 12.2. The van der Waals surface area contributed by atoms with E-state index in [1.807, 2.05) is 13.8 Å². The molecular formula is C16H24N6O2. The third-order valence-electron chi connectivity index (χ3n) is 3.90. The van der Waals surface area contributed by atoms with Crippen molar-refractivity contribution in [3.63, 3.8) is 0 Å². The second kappa shape index (κ2) is 7.76. The topological polar surface area (TPSA) is 117 Å². The molecule has 0 saturated carbocycles. The second-order valence-corrected chi connectivity index (χ2v) is 5.67. The molecule has 130 valence electrons. The molecule has 24 heavy (non-hydrogen) atoms. The predicted molar refractivity (Wildman–Crippen MR) is 93.3 cm³/mol. The van der Waals surface area contributed by atoms with E-state index >= 15 is 0 Å². The van der Waals surface area contributed by atoms with Crippen molar-refractivity contribution < 1.29 is 9.59 Å². The molecule has 3 heterocycles. The van der Waals surface area contributed by atoms with Gasteiger partial charge in [-0.15, -0.1) is 0 Å². The maximum atomic E-state index is 12.2. The van der Waals surface area contributed by atoms with Crippen molar-refractivity contribution >= 4 is 34.2 Å². The van der Waals surface area contributed by atoms with Crippen LogP contribution in [0.4, 0.5) is 11.5 Å². The number of hydrogen-bond acceptors (Lipinski definition) is 5. The molecule has 1 aliphatic heterocycles. The zero-order chi connectivity index (χ0) is 17.7. The van der Waals surface area contributed by atoms with Crippen LogP contribution in [0.2, 0.25) is 0 Å². The van der Waals surface area contributed by atoms with Crippen LogP contribution in [0.15, 0.2) is 12.4 Å². The van der Waals surface area contributed by atoms with Gasteiger partial charge >= 0.3 is 11.8 Å². The summed E-state index contributed by atoms with van der Waals surface area (Å²) in [7, 11) is 0. The van der Waals surface area contributed by atoms with Crippen molar-refractivity contribution in [1.82, 2.24) is 20.1 Å². The van der Waals surface area contributed by atoms with Crippen molar-refractivity contribution in [2.24, 2.45) is 5.92 Å². The van der Waals surface area contributed by atoms with Gasteiger partial charge in [0.15, 0.2) is 0 Å². The Labute approximate surface area is 140 Å². The fourth-order valence-corrected chi connectivity index (χ4v) is 2.74. The predicted octanol–water partition coefficient (Wildman–Crippen LogP) is 1.76. The molecule has 8 nitrogen and oxygen atoms in total. The number of nitrogens with one attached hydrogen (secondary N) is 2. The summed E-state index contributed by atoms with van der Waals surface area (Å²) >= 11 is 0. The fourth-order valence-electron chi connectivity index (χ4n) is 2.74. The minimum Gasteiger partial charge on any atom is -0.383 e. The summed E-state index contributed by atoms with van der Waals surface area (Å²) in [5, 5.41) is 9.83. The van der Waals surface area contributed by atoms with E-state index in [0.717, 1.165) is 12.8 Å². The van der Waals surface area contributed by atoms with Crippen LogP contribution in [0.5, 0.6) is 0 Å². The molecule has 1 saturated heterocycles. The number of nitrogens with two attached hydrogens (primary N) is 1. The quantitative estimate of drug-likeness (QED) is 0.688. The van der Waals surface area contributed by atoms with Gasteiger partial charge in [0.2, 0.25) is 0 Å². The molecule has 2 aromatic rings. The third-order valence-corrected chi connectivity index (χ3v) is 3.90. The van der Waals surface area contributed by atoms with Gasteiger partial charge < -0.3 is 16.0 Å². The number of aromatic amines is 1. The average Bonchev–Trinajstić information content (AvgIpc) is 3.09. The van der Waals surface area contributed by atoms with E-state index in [-0.39, 0.29) is 0 Å². The van der Waals surface area contributed by atoms with Gasteiger partial charge in [-0.3, -0.25) is 14.7 Å². The molecule has 0 spiro atoms. The van der Waals surface area contributed by atoms with Gasteiger partial charge in [-0.2, -0.15) is 5.10 Å². The van der Waals surface area contributed by atoms with E-state index in [9.17, 15) is 9.59 Å². The number of anilines is 2. The zero-order valence-electron chi connectivity index (χ0n) is 14.3. The number of likely N-dealkylation sites (tertiary alicyclic amines) is 1. The van der Waals surface area contributed by atoms with Crippen LogP contribution < -0.4 is 11.1 Å². The molecule has 1 aliphatic rings. The minimum atomic E-state index is -0.670. The van der Waals surface area contributed by atoms with Crippen LogP contribution in [0, 0.1) is 5.92 Å². The first-order valence-corrected chi connectivity index (χ1v) is 8.24. The molecule has 0 bridgehead atoms. The van der Waals surface area contributed by atoms with Crippen LogP contribution in [-0.2, 0) is 9.59 Å². The number of nitrogen functional groups attached to an aromatic ring is 1. The zero-order valence-corrected chi connectivity index (χ0v) is 14.3. The Bertz CT molecular complexity index is 726. The number of H-pyrrole nitrogens is 1. The summed E-state index contributed by atoms with van der Waals surface area (Å²) < 4.78 is 0. The third kappa shape index (κ3) is 3.64. The Morgan fingerprint density at radius 1 is 1.38 bits per heavy atom. The summed E-state index contributed by atoms with van der Waals surface area (Å²) in [4.78, 5) is 30.0. The highest BCUT2D eigenvalue weighted by Gasteiger charge is 2.26. The number of piperidine rings is 1. The van der Waals surface area contributed by atoms with Gasteiger partial charge in [-0.1, -0.05) is 20.8 Å². The molecule has 2 aromatic heterocycles. The van der Waals surface area contributed by atoms with Gasteiger partial charge in [0.25, 0.3) is 0 Å². The van der Waals surface area contributed by atoms with Crippen molar-refractivity contribution in [2.75, 3.05) is 24.1 Å². The number of carbonyl (C=O) groups excluding carboxylic acids is 2. The lowest BCUT2D eigenvalue weighted by Gasteiger charge is -2.30. The molecule has 1 unspecified atom stereocenters. The largest absolute Gasteiger partial charge is 0.383 e. The number of aromatic nitrogens is 3. The number of pyridine rings is 1. The van der Waals surface area contributed by atoms with E-state index in [0.29, 0.717) is 41.4 Å². The van der Waals surface area contributed by atoms with Crippen LogP contribution in [0.1, 0.15) is 33.6 Å². The Hall–Kier alpha value is -2.64. The van der Waals surface area contributed by atoms with Crippen molar-refractivity contribution in [3.8, 4) is 0 Å². The molecule has 3 rings (SSSR count). The molecule has 1 atom stereocenters. The normalized spacial score (nSPS) is 17.1. The van der Waals surface area contributed by atoms with Crippen molar-refractivity contribution in [2.45, 2.75) is 33.6 Å². The summed E-state index contributed by atoms with van der Waals surface area (Å²) in [6, 6.07) is 0. The summed E-state index contributed by atoms with van der Waals surface area (Å²) in [6.45, 7) is 7.32. The molecule has 8 heteroatoms. The fraction of sp³-hybridized carbons (Fsp3) is 0.500. The Kier molecular flexibility index (Phi) is 5.73. The number of rotatable bonds is 1. The smallest absolute Gasteiger partial charge is 0.314 e. The van der Waals surface area contributed by atoms with Crippen LogP contribution in [0.3, 0.4) is 0 Å². The molecular weight excluding hydrogens is 308 g/mol. The average molecular weight is 332 g/mol. The van der Waals surface area contributed by atoms with E-state index in [2.05, 4.69) is 27.4 Å². The maximum Gasteiger partial charge on any atom is 0.314 e. The summed E-state index contributed by atoms with van der Waals surface area (Å²) in [5.74, 6) is -0.450. The second-order valence-electron chi connectivity index (χ2n) is 5.67. The molecule has 0 aliphatic carbocycles. The highest BCUT2D eigenvalue weighted by molar-refractivity contribution is 6.40. The number of fused-ring (bicyclic) bond motifs is 1. The van der Waals surface area contributed by atoms with E-state index in [1.54, 1.807) is 4.90 Å². The van der Waals surface area contributed by atoms with E-state index in [1.165, 1.54) is 12.4 Å². The van der Waals surface area contributed by atoms with Gasteiger partial charge in [-0.05, 0) is 18.8 Å². The van der Waals surface area contributed by atoms with Crippen molar-refractivity contribution in [3.05, 3.63) is 12.4 Å². The first-order chi connectivity index (χ1) is 11.6. The standard InChI is InChI=1S/C14H18N6O2.C2H6/c1-8-3-2-4-20(7-8)14(22)13(21)18-10-6-16-12(15)9-5-17-19-11(9)10;1-2/h5-6,8H,2-4,7H2,1H3,(H2,15,16)(H,17,19)(H,18,21);1-2H3. The van der Waals surface area contributed by atoms with Crippen LogP contribution in [-0.4, -0.2) is 45.0 Å². The van der Waals surface area contributed by atoms with Gasteiger partial charge in [0, 0.05) is 13.1 Å².